The van der Waals surface area contributed by atoms with Crippen LogP contribution in [0.25, 0.3) is 22.2 Å². The van der Waals surface area contributed by atoms with Crippen molar-refractivity contribution in [1.29, 1.82) is 0 Å². The number of nitrogens with one attached hydrogen (secondary N) is 1. The Labute approximate surface area is 228 Å². The molecule has 3 aromatic carbocycles. The standard InChI is InChI=1S/C30H32N4O4S/c1-5-6-11-29-31-26-17-16-24(37-4)18-27(26)34(29)19-22-12-14-23(15-13-22)25-9-7-8-10-28(25)39(35,36)33-30-20(2)21(3)32-38-30/h7-10,12-18,33H,5-6,11,19H2,1-4H3. The number of anilines is 1. The third-order valence-corrected chi connectivity index (χ3v) is 8.34. The van der Waals surface area contributed by atoms with Crippen LogP contribution in [0.3, 0.4) is 0 Å². The van der Waals surface area contributed by atoms with E-state index in [1.54, 1.807) is 39.2 Å². The van der Waals surface area contributed by atoms with Crippen molar-refractivity contribution in [2.45, 2.75) is 51.5 Å². The molecule has 0 aliphatic heterocycles. The molecule has 2 aromatic heterocycles. The molecule has 0 aliphatic rings. The molecule has 0 saturated carbocycles. The molecule has 5 rings (SSSR count). The summed E-state index contributed by atoms with van der Waals surface area (Å²) >= 11 is 0. The van der Waals surface area contributed by atoms with E-state index < -0.39 is 10.0 Å². The number of ether oxygens (including phenoxy) is 1. The van der Waals surface area contributed by atoms with E-state index in [1.165, 1.54) is 0 Å². The largest absolute Gasteiger partial charge is 0.497 e. The smallest absolute Gasteiger partial charge is 0.264 e. The lowest BCUT2D eigenvalue weighted by atomic mass is 10.0. The maximum atomic E-state index is 13.3. The predicted molar refractivity (Wildman–Crippen MR) is 153 cm³/mol. The lowest BCUT2D eigenvalue weighted by Gasteiger charge is -2.13. The minimum atomic E-state index is -3.91. The molecule has 0 radical (unpaired) electrons. The molecule has 0 spiro atoms. The molecule has 1 N–H and O–H groups in total. The van der Waals surface area contributed by atoms with Crippen LogP contribution in [-0.2, 0) is 23.0 Å². The molecular formula is C30H32N4O4S. The second kappa shape index (κ2) is 10.9. The number of benzene rings is 3. The summed E-state index contributed by atoms with van der Waals surface area (Å²) in [6.07, 6.45) is 3.05. The minimum absolute atomic E-state index is 0.126. The number of imidazole rings is 1. The van der Waals surface area contributed by atoms with Gasteiger partial charge in [0.15, 0.2) is 0 Å². The van der Waals surface area contributed by atoms with Gasteiger partial charge in [-0.05, 0) is 49.6 Å². The summed E-state index contributed by atoms with van der Waals surface area (Å²) in [5.41, 5.74) is 5.76. The fraction of sp³-hybridized carbons (Fsp3) is 0.267. The first-order chi connectivity index (χ1) is 18.8. The summed E-state index contributed by atoms with van der Waals surface area (Å²) in [6.45, 7) is 6.36. The first-order valence-corrected chi connectivity index (χ1v) is 14.5. The number of methoxy groups -OCH3 is 1. The van der Waals surface area contributed by atoms with Crippen LogP contribution in [0.15, 0.2) is 76.1 Å². The average Bonchev–Trinajstić information content (AvgIpc) is 3.45. The number of aryl methyl sites for hydroxylation is 2. The number of aromatic nitrogens is 3. The van der Waals surface area contributed by atoms with E-state index in [9.17, 15) is 8.42 Å². The summed E-state index contributed by atoms with van der Waals surface area (Å²) in [5.74, 6) is 1.97. The second-order valence-electron chi connectivity index (χ2n) is 9.59. The SMILES string of the molecule is CCCCc1nc2ccc(OC)cc2n1Cc1ccc(-c2ccccc2S(=O)(=O)Nc2onc(C)c2C)cc1. The summed E-state index contributed by atoms with van der Waals surface area (Å²) in [4.78, 5) is 5.06. The molecule has 2 heterocycles. The fourth-order valence-electron chi connectivity index (χ4n) is 4.58. The van der Waals surface area contributed by atoms with Crippen molar-refractivity contribution in [3.8, 4) is 16.9 Å². The van der Waals surface area contributed by atoms with Crippen molar-refractivity contribution in [3.63, 3.8) is 0 Å². The number of hydrogen-bond acceptors (Lipinski definition) is 6. The van der Waals surface area contributed by atoms with Crippen molar-refractivity contribution < 1.29 is 17.7 Å². The van der Waals surface area contributed by atoms with E-state index in [-0.39, 0.29) is 10.8 Å². The third-order valence-electron chi connectivity index (χ3n) is 6.95. The Kier molecular flexibility index (Phi) is 7.43. The van der Waals surface area contributed by atoms with E-state index in [2.05, 4.69) is 21.4 Å². The predicted octanol–water partition coefficient (Wildman–Crippen LogP) is 6.51. The molecule has 0 amide bonds. The zero-order chi connectivity index (χ0) is 27.6. The van der Waals surface area contributed by atoms with Crippen LogP contribution < -0.4 is 9.46 Å². The lowest BCUT2D eigenvalue weighted by molar-refractivity contribution is 0.415. The number of fused-ring (bicyclic) bond motifs is 1. The quantitative estimate of drug-likeness (QED) is 0.215. The van der Waals surface area contributed by atoms with Gasteiger partial charge < -0.3 is 13.8 Å². The van der Waals surface area contributed by atoms with E-state index in [0.29, 0.717) is 23.4 Å². The van der Waals surface area contributed by atoms with Crippen LogP contribution in [0.2, 0.25) is 0 Å². The Morgan fingerprint density at radius 2 is 1.79 bits per heavy atom. The number of nitrogens with zero attached hydrogens (tertiary/aromatic N) is 3. The van der Waals surface area contributed by atoms with Gasteiger partial charge in [0.25, 0.3) is 10.0 Å². The number of unbranched alkanes of at least 4 members (excludes halogenated alkanes) is 1. The van der Waals surface area contributed by atoms with Gasteiger partial charge in [-0.1, -0.05) is 61.0 Å². The molecule has 0 bridgehead atoms. The van der Waals surface area contributed by atoms with Gasteiger partial charge in [-0.2, -0.15) is 0 Å². The Hall–Kier alpha value is -4.11. The highest BCUT2D eigenvalue weighted by Crippen LogP contribution is 2.31. The summed E-state index contributed by atoms with van der Waals surface area (Å²) < 4.78 is 42.1. The zero-order valence-corrected chi connectivity index (χ0v) is 23.4. The highest BCUT2D eigenvalue weighted by Gasteiger charge is 2.22. The fourth-order valence-corrected chi connectivity index (χ4v) is 5.86. The monoisotopic (exact) mass is 544 g/mol. The third kappa shape index (κ3) is 5.40. The Balaban J connectivity index is 1.46. The summed E-state index contributed by atoms with van der Waals surface area (Å²) in [7, 11) is -2.24. The molecule has 9 heteroatoms. The second-order valence-corrected chi connectivity index (χ2v) is 11.2. The maximum Gasteiger partial charge on any atom is 0.264 e. The lowest BCUT2D eigenvalue weighted by Crippen LogP contribution is -2.14. The number of hydrogen-bond donors (Lipinski definition) is 1. The van der Waals surface area contributed by atoms with Gasteiger partial charge in [0, 0.05) is 30.2 Å². The molecule has 0 unspecified atom stereocenters. The molecule has 202 valence electrons. The van der Waals surface area contributed by atoms with Gasteiger partial charge in [-0.15, -0.1) is 0 Å². The van der Waals surface area contributed by atoms with E-state index >= 15 is 0 Å². The number of sulfonamides is 1. The number of rotatable bonds is 10. The first-order valence-electron chi connectivity index (χ1n) is 13.0. The first kappa shape index (κ1) is 26.5. The topological polar surface area (TPSA) is 99.2 Å². The van der Waals surface area contributed by atoms with Crippen LogP contribution in [0.5, 0.6) is 5.75 Å². The average molecular weight is 545 g/mol. The zero-order valence-electron chi connectivity index (χ0n) is 22.6. The molecule has 8 nitrogen and oxygen atoms in total. The molecular weight excluding hydrogens is 512 g/mol. The van der Waals surface area contributed by atoms with E-state index in [4.69, 9.17) is 14.2 Å². The molecule has 0 saturated heterocycles. The van der Waals surface area contributed by atoms with Gasteiger partial charge in [0.2, 0.25) is 5.88 Å². The van der Waals surface area contributed by atoms with Crippen molar-refractivity contribution in [1.82, 2.24) is 14.7 Å². The van der Waals surface area contributed by atoms with Gasteiger partial charge in [0.05, 0.1) is 28.7 Å². The Morgan fingerprint density at radius 3 is 2.49 bits per heavy atom. The van der Waals surface area contributed by atoms with Crippen LogP contribution >= 0.6 is 0 Å². The van der Waals surface area contributed by atoms with E-state index in [0.717, 1.165) is 53.0 Å². The van der Waals surface area contributed by atoms with Gasteiger partial charge in [-0.3, -0.25) is 0 Å². The van der Waals surface area contributed by atoms with E-state index in [1.807, 2.05) is 48.5 Å². The summed E-state index contributed by atoms with van der Waals surface area (Å²) in [5, 5.41) is 3.85. The molecule has 0 aliphatic carbocycles. The van der Waals surface area contributed by atoms with Crippen molar-refractivity contribution in [2.24, 2.45) is 0 Å². The van der Waals surface area contributed by atoms with Gasteiger partial charge in [-0.25, -0.2) is 18.1 Å². The van der Waals surface area contributed by atoms with Crippen molar-refractivity contribution in [3.05, 3.63) is 89.4 Å². The highest BCUT2D eigenvalue weighted by atomic mass is 32.2. The van der Waals surface area contributed by atoms with Crippen molar-refractivity contribution in [2.75, 3.05) is 11.8 Å². The van der Waals surface area contributed by atoms with Gasteiger partial charge >= 0.3 is 0 Å². The van der Waals surface area contributed by atoms with Crippen LogP contribution in [0, 0.1) is 13.8 Å². The van der Waals surface area contributed by atoms with Crippen LogP contribution in [0.1, 0.15) is 42.4 Å². The highest BCUT2D eigenvalue weighted by molar-refractivity contribution is 7.92. The Bertz CT molecular complexity index is 1720. The molecule has 39 heavy (non-hydrogen) atoms. The Morgan fingerprint density at radius 1 is 1.03 bits per heavy atom. The summed E-state index contributed by atoms with van der Waals surface area (Å²) in [6, 6.07) is 20.9. The van der Waals surface area contributed by atoms with Crippen LogP contribution in [0.4, 0.5) is 5.88 Å². The molecule has 0 fully saturated rings. The molecule has 5 aromatic rings. The molecule has 0 atom stereocenters. The normalized spacial score (nSPS) is 11.7. The minimum Gasteiger partial charge on any atom is -0.497 e. The van der Waals surface area contributed by atoms with Crippen molar-refractivity contribution >= 4 is 26.9 Å². The maximum absolute atomic E-state index is 13.3. The van der Waals surface area contributed by atoms with Gasteiger partial charge in [0.1, 0.15) is 11.6 Å². The van der Waals surface area contributed by atoms with Crippen LogP contribution in [-0.4, -0.2) is 30.2 Å².